The van der Waals surface area contributed by atoms with E-state index in [-0.39, 0.29) is 5.97 Å². The zero-order chi connectivity index (χ0) is 17.6. The summed E-state index contributed by atoms with van der Waals surface area (Å²) < 4.78 is 5.23. The van der Waals surface area contributed by atoms with Crippen LogP contribution in [0, 0.1) is 6.92 Å². The Balaban J connectivity index is 2.20. The van der Waals surface area contributed by atoms with Crippen molar-refractivity contribution >= 4 is 30.0 Å². The second-order valence-electron chi connectivity index (χ2n) is 5.77. The average molecular weight is 344 g/mol. The molecule has 0 spiro atoms. The second-order valence-corrected chi connectivity index (χ2v) is 6.53. The quantitative estimate of drug-likeness (QED) is 0.309. The summed E-state index contributed by atoms with van der Waals surface area (Å²) in [5.41, 5.74) is 9.40. The van der Waals surface area contributed by atoms with E-state index in [0.29, 0.717) is 25.1 Å². The lowest BCUT2D eigenvalue weighted by molar-refractivity contribution is -0.145. The minimum atomic E-state index is -1.10. The van der Waals surface area contributed by atoms with Crippen LogP contribution in [0.25, 0.3) is 0 Å². The molecule has 0 amide bonds. The first-order chi connectivity index (χ1) is 11.4. The third kappa shape index (κ3) is 4.68. The number of hydrogen-bond acceptors (Lipinski definition) is 5. The number of carbonyl (C=O) groups is 1. The van der Waals surface area contributed by atoms with E-state index in [2.05, 4.69) is 17.9 Å². The molecular weight excluding hydrogens is 320 g/mol. The number of nitrogens with two attached hydrogens (primary N) is 1. The number of nitrogen functional groups attached to an aromatic ring is 1. The van der Waals surface area contributed by atoms with Crippen molar-refractivity contribution in [2.75, 3.05) is 17.7 Å². The molecule has 0 fully saturated rings. The van der Waals surface area contributed by atoms with E-state index >= 15 is 0 Å². The van der Waals surface area contributed by atoms with E-state index in [9.17, 15) is 4.79 Å². The molecular formula is C19H24N2O2S. The number of esters is 1. The van der Waals surface area contributed by atoms with Crippen LogP contribution in [0.15, 0.2) is 48.5 Å². The number of hydrogen-bond donors (Lipinski definition) is 3. The minimum absolute atomic E-state index is 0.314. The Labute approximate surface area is 148 Å². The summed E-state index contributed by atoms with van der Waals surface area (Å²) >= 11 is 4.65. The predicted molar refractivity (Wildman–Crippen MR) is 102 cm³/mol. The largest absolute Gasteiger partial charge is 0.464 e. The summed E-state index contributed by atoms with van der Waals surface area (Å²) in [5, 5.41) is 3.24. The van der Waals surface area contributed by atoms with Crippen LogP contribution in [0.3, 0.4) is 0 Å². The first kappa shape index (κ1) is 18.2. The van der Waals surface area contributed by atoms with E-state index < -0.39 is 4.87 Å². The molecule has 5 heteroatoms. The molecule has 2 aromatic rings. The first-order valence-electron chi connectivity index (χ1n) is 8.02. The van der Waals surface area contributed by atoms with Gasteiger partial charge in [0.15, 0.2) is 4.87 Å². The van der Waals surface area contributed by atoms with Gasteiger partial charge >= 0.3 is 5.97 Å². The molecule has 0 saturated carbocycles. The van der Waals surface area contributed by atoms with Crippen molar-refractivity contribution in [3.8, 4) is 0 Å². The van der Waals surface area contributed by atoms with Gasteiger partial charge in [-0.3, -0.25) is 0 Å². The summed E-state index contributed by atoms with van der Waals surface area (Å²) in [7, 11) is 0. The van der Waals surface area contributed by atoms with Crippen LogP contribution in [-0.4, -0.2) is 17.4 Å². The Bertz CT molecular complexity index is 691. The van der Waals surface area contributed by atoms with Gasteiger partial charge in [-0.15, -0.1) is 12.6 Å². The van der Waals surface area contributed by atoms with E-state index in [1.54, 1.807) is 13.0 Å². The van der Waals surface area contributed by atoms with Crippen LogP contribution in [-0.2, 0) is 16.0 Å². The normalized spacial score (nSPS) is 13.1. The van der Waals surface area contributed by atoms with Crippen LogP contribution in [0.1, 0.15) is 24.5 Å². The molecule has 0 aromatic heterocycles. The zero-order valence-electron chi connectivity index (χ0n) is 14.1. The van der Waals surface area contributed by atoms with Gasteiger partial charge in [-0.1, -0.05) is 30.3 Å². The molecule has 2 rings (SSSR count). The van der Waals surface area contributed by atoms with Gasteiger partial charge in [0.05, 0.1) is 6.61 Å². The Hall–Kier alpha value is -2.14. The molecule has 0 aliphatic heterocycles. The van der Waals surface area contributed by atoms with Gasteiger partial charge in [0.1, 0.15) is 0 Å². The number of thiol groups is 1. The maximum Gasteiger partial charge on any atom is 0.342 e. The number of anilines is 2. The van der Waals surface area contributed by atoms with Crippen LogP contribution in [0.4, 0.5) is 11.4 Å². The van der Waals surface area contributed by atoms with Crippen LogP contribution >= 0.6 is 12.6 Å². The number of benzene rings is 2. The molecule has 0 aliphatic rings. The van der Waals surface area contributed by atoms with Crippen LogP contribution in [0.2, 0.25) is 0 Å². The Kier molecular flexibility index (Phi) is 6.15. The Morgan fingerprint density at radius 1 is 1.25 bits per heavy atom. The molecule has 3 N–H and O–H groups in total. The van der Waals surface area contributed by atoms with E-state index in [1.165, 1.54) is 0 Å². The van der Waals surface area contributed by atoms with Gasteiger partial charge in [-0.25, -0.2) is 4.79 Å². The van der Waals surface area contributed by atoms with Crippen molar-refractivity contribution in [3.05, 3.63) is 59.7 Å². The van der Waals surface area contributed by atoms with Crippen molar-refractivity contribution in [2.45, 2.75) is 31.6 Å². The third-order valence-electron chi connectivity index (χ3n) is 3.82. The lowest BCUT2D eigenvalue weighted by Gasteiger charge is -2.29. The van der Waals surface area contributed by atoms with Gasteiger partial charge in [-0.2, -0.15) is 0 Å². The fourth-order valence-electron chi connectivity index (χ4n) is 2.49. The molecule has 24 heavy (non-hydrogen) atoms. The molecule has 128 valence electrons. The number of nitrogens with one attached hydrogen (secondary N) is 1. The van der Waals surface area contributed by atoms with Gasteiger partial charge in [-0.05, 0) is 56.0 Å². The zero-order valence-corrected chi connectivity index (χ0v) is 15.0. The third-order valence-corrected chi connectivity index (χ3v) is 4.34. The van der Waals surface area contributed by atoms with E-state index in [4.69, 9.17) is 10.5 Å². The monoisotopic (exact) mass is 344 g/mol. The number of aryl methyl sites for hydroxylation is 2. The smallest absolute Gasteiger partial charge is 0.342 e. The Morgan fingerprint density at radius 3 is 2.58 bits per heavy atom. The SMILES string of the molecule is CCOC(=O)C(S)(CCc1ccccc1)Nc1ccc(N)cc1C. The number of ether oxygens (including phenoxy) is 1. The summed E-state index contributed by atoms with van der Waals surface area (Å²) in [5.74, 6) is -0.375. The van der Waals surface area contributed by atoms with Crippen molar-refractivity contribution in [1.29, 1.82) is 0 Å². The lowest BCUT2D eigenvalue weighted by atomic mass is 10.0. The molecule has 0 saturated heterocycles. The van der Waals surface area contributed by atoms with E-state index in [0.717, 1.165) is 16.8 Å². The van der Waals surface area contributed by atoms with Crippen LogP contribution < -0.4 is 11.1 Å². The molecule has 2 aromatic carbocycles. The predicted octanol–water partition coefficient (Wildman–Crippen LogP) is 3.81. The lowest BCUT2D eigenvalue weighted by Crippen LogP contribution is -2.43. The molecule has 0 bridgehead atoms. The highest BCUT2D eigenvalue weighted by Crippen LogP contribution is 2.29. The van der Waals surface area contributed by atoms with Gasteiger partial charge in [0, 0.05) is 11.4 Å². The highest BCUT2D eigenvalue weighted by Gasteiger charge is 2.36. The molecule has 0 aliphatic carbocycles. The highest BCUT2D eigenvalue weighted by atomic mass is 32.1. The van der Waals surface area contributed by atoms with Gasteiger partial charge in [0.2, 0.25) is 0 Å². The minimum Gasteiger partial charge on any atom is -0.464 e. The topological polar surface area (TPSA) is 64.3 Å². The maximum atomic E-state index is 12.5. The molecule has 0 heterocycles. The molecule has 4 nitrogen and oxygen atoms in total. The average Bonchev–Trinajstić information content (AvgIpc) is 2.57. The molecule has 0 radical (unpaired) electrons. The van der Waals surface area contributed by atoms with Crippen molar-refractivity contribution in [1.82, 2.24) is 0 Å². The molecule has 1 unspecified atom stereocenters. The first-order valence-corrected chi connectivity index (χ1v) is 8.47. The number of carbonyl (C=O) groups excluding carboxylic acids is 1. The fourth-order valence-corrected chi connectivity index (χ4v) is 2.78. The number of rotatable bonds is 7. The maximum absolute atomic E-state index is 12.5. The summed E-state index contributed by atoms with van der Waals surface area (Å²) in [4.78, 5) is 11.4. The Morgan fingerprint density at radius 2 is 1.96 bits per heavy atom. The van der Waals surface area contributed by atoms with E-state index in [1.807, 2.05) is 49.4 Å². The molecule has 1 atom stereocenters. The van der Waals surface area contributed by atoms with Crippen LogP contribution in [0.5, 0.6) is 0 Å². The van der Waals surface area contributed by atoms with Gasteiger partial charge in [0.25, 0.3) is 0 Å². The van der Waals surface area contributed by atoms with Crippen molar-refractivity contribution in [2.24, 2.45) is 0 Å². The summed E-state index contributed by atoms with van der Waals surface area (Å²) in [6.07, 6.45) is 1.22. The standard InChI is InChI=1S/C19H24N2O2S/c1-3-23-18(22)19(24,12-11-15-7-5-4-6-8-15)21-17-10-9-16(20)13-14(17)2/h4-10,13,21,24H,3,11-12,20H2,1-2H3. The second kappa shape index (κ2) is 8.11. The van der Waals surface area contributed by atoms with Crippen molar-refractivity contribution < 1.29 is 9.53 Å². The fraction of sp³-hybridized carbons (Fsp3) is 0.316. The van der Waals surface area contributed by atoms with Crippen molar-refractivity contribution in [3.63, 3.8) is 0 Å². The summed E-state index contributed by atoms with van der Waals surface area (Å²) in [6, 6.07) is 15.5. The summed E-state index contributed by atoms with van der Waals surface area (Å²) in [6.45, 7) is 4.04. The van der Waals surface area contributed by atoms with Gasteiger partial charge < -0.3 is 15.8 Å². The highest BCUT2D eigenvalue weighted by molar-refractivity contribution is 7.82.